The van der Waals surface area contributed by atoms with E-state index < -0.39 is 0 Å². The van der Waals surface area contributed by atoms with Crippen LogP contribution in [0.15, 0.2) is 0 Å². The van der Waals surface area contributed by atoms with Crippen LogP contribution in [0.2, 0.25) is 0 Å². The summed E-state index contributed by atoms with van der Waals surface area (Å²) >= 11 is 0. The van der Waals surface area contributed by atoms with Crippen LogP contribution in [0.25, 0.3) is 0 Å². The van der Waals surface area contributed by atoms with Crippen LogP contribution in [-0.4, -0.2) is 50.3 Å². The fourth-order valence-electron chi connectivity index (χ4n) is 2.07. The van der Waals surface area contributed by atoms with Crippen LogP contribution in [0.3, 0.4) is 0 Å². The molecule has 0 radical (unpaired) electrons. The van der Waals surface area contributed by atoms with E-state index in [1.807, 2.05) is 0 Å². The molecule has 0 aromatic rings. The second-order valence-corrected chi connectivity index (χ2v) is 4.89. The van der Waals surface area contributed by atoms with Crippen molar-refractivity contribution in [1.29, 1.82) is 0 Å². The Kier molecular flexibility index (Phi) is 10.9. The monoisotopic (exact) mass is 244 g/mol. The van der Waals surface area contributed by atoms with Crippen LogP contribution in [0.5, 0.6) is 0 Å². The maximum atomic E-state index is 5.18. The first kappa shape index (κ1) is 16.9. The third kappa shape index (κ3) is 8.58. The van der Waals surface area contributed by atoms with Gasteiger partial charge in [-0.25, -0.2) is 0 Å². The minimum absolute atomic E-state index is 0.640. The lowest BCUT2D eigenvalue weighted by molar-refractivity contribution is 0.121. The van der Waals surface area contributed by atoms with Gasteiger partial charge in [-0.05, 0) is 46.2 Å². The van der Waals surface area contributed by atoms with Gasteiger partial charge in [-0.3, -0.25) is 4.90 Å². The van der Waals surface area contributed by atoms with E-state index in [1.54, 1.807) is 7.11 Å². The van der Waals surface area contributed by atoms with Crippen molar-refractivity contribution in [2.75, 3.05) is 33.4 Å². The molecule has 1 N–H and O–H groups in total. The average molecular weight is 244 g/mol. The van der Waals surface area contributed by atoms with Gasteiger partial charge in [0, 0.05) is 25.7 Å². The molecule has 0 spiro atoms. The molecular weight excluding hydrogens is 212 g/mol. The average Bonchev–Trinajstić information content (AvgIpc) is 2.32. The summed E-state index contributed by atoms with van der Waals surface area (Å²) < 4.78 is 5.18. The number of rotatable bonds is 11. The summed E-state index contributed by atoms with van der Waals surface area (Å²) in [6, 6.07) is 1.31. The summed E-state index contributed by atoms with van der Waals surface area (Å²) in [4.78, 5) is 2.54. The van der Waals surface area contributed by atoms with Crippen molar-refractivity contribution < 1.29 is 4.74 Å². The molecule has 0 fully saturated rings. The van der Waals surface area contributed by atoms with Crippen molar-refractivity contribution in [3.8, 4) is 0 Å². The van der Waals surface area contributed by atoms with Crippen LogP contribution in [0.4, 0.5) is 0 Å². The lowest BCUT2D eigenvalue weighted by atomic mass is 10.1. The third-order valence-electron chi connectivity index (χ3n) is 3.43. The van der Waals surface area contributed by atoms with Gasteiger partial charge in [0.1, 0.15) is 0 Å². The second kappa shape index (κ2) is 11.0. The van der Waals surface area contributed by atoms with Gasteiger partial charge in [-0.2, -0.15) is 0 Å². The predicted octanol–water partition coefficient (Wildman–Crippen LogP) is 2.51. The van der Waals surface area contributed by atoms with Gasteiger partial charge in [0.15, 0.2) is 0 Å². The highest BCUT2D eigenvalue weighted by molar-refractivity contribution is 4.67. The maximum absolute atomic E-state index is 5.18. The number of nitrogens with one attached hydrogen (secondary N) is 1. The van der Waals surface area contributed by atoms with Crippen LogP contribution in [-0.2, 0) is 4.74 Å². The quantitative estimate of drug-likeness (QED) is 0.604. The van der Waals surface area contributed by atoms with Crippen molar-refractivity contribution in [2.45, 2.75) is 59.0 Å². The van der Waals surface area contributed by atoms with Crippen LogP contribution in [0, 0.1) is 0 Å². The van der Waals surface area contributed by atoms with E-state index in [-0.39, 0.29) is 0 Å². The van der Waals surface area contributed by atoms with Gasteiger partial charge in [-0.1, -0.05) is 13.8 Å². The van der Waals surface area contributed by atoms with E-state index in [4.69, 9.17) is 4.74 Å². The maximum Gasteiger partial charge on any atom is 0.0589 e. The number of methoxy groups -OCH3 is 1. The fraction of sp³-hybridized carbons (Fsp3) is 1.00. The van der Waals surface area contributed by atoms with Crippen molar-refractivity contribution >= 4 is 0 Å². The van der Waals surface area contributed by atoms with E-state index in [9.17, 15) is 0 Å². The number of hydrogen-bond donors (Lipinski definition) is 1. The summed E-state index contributed by atoms with van der Waals surface area (Å²) in [7, 11) is 1.78. The molecule has 0 aliphatic heterocycles. The Morgan fingerprint density at radius 1 is 1.18 bits per heavy atom. The van der Waals surface area contributed by atoms with Gasteiger partial charge >= 0.3 is 0 Å². The zero-order valence-electron chi connectivity index (χ0n) is 12.5. The second-order valence-electron chi connectivity index (χ2n) is 4.89. The standard InChI is InChI=1S/C14H32N2O/c1-6-14(4)16(11-12-17-5)10-8-9-13(3)15-7-2/h13-15H,6-12H2,1-5H3. The number of hydrogen-bond acceptors (Lipinski definition) is 3. The molecule has 0 rings (SSSR count). The van der Waals surface area contributed by atoms with Gasteiger partial charge < -0.3 is 10.1 Å². The summed E-state index contributed by atoms with van der Waals surface area (Å²) in [5.74, 6) is 0. The molecule has 2 unspecified atom stereocenters. The Morgan fingerprint density at radius 2 is 1.88 bits per heavy atom. The lowest BCUT2D eigenvalue weighted by Gasteiger charge is -2.28. The van der Waals surface area contributed by atoms with E-state index in [0.29, 0.717) is 12.1 Å². The smallest absolute Gasteiger partial charge is 0.0589 e. The minimum Gasteiger partial charge on any atom is -0.383 e. The fourth-order valence-corrected chi connectivity index (χ4v) is 2.07. The number of nitrogens with zero attached hydrogens (tertiary/aromatic N) is 1. The van der Waals surface area contributed by atoms with Crippen LogP contribution < -0.4 is 5.32 Å². The Morgan fingerprint density at radius 3 is 2.41 bits per heavy atom. The zero-order valence-corrected chi connectivity index (χ0v) is 12.5. The highest BCUT2D eigenvalue weighted by Crippen LogP contribution is 2.06. The summed E-state index contributed by atoms with van der Waals surface area (Å²) in [6.07, 6.45) is 3.74. The minimum atomic E-state index is 0.640. The zero-order chi connectivity index (χ0) is 13.1. The predicted molar refractivity (Wildman–Crippen MR) is 75.6 cm³/mol. The molecule has 0 saturated heterocycles. The Hall–Kier alpha value is -0.120. The molecule has 0 saturated carbocycles. The van der Waals surface area contributed by atoms with E-state index in [0.717, 1.165) is 19.7 Å². The highest BCUT2D eigenvalue weighted by Gasteiger charge is 2.11. The van der Waals surface area contributed by atoms with Crippen molar-refractivity contribution in [2.24, 2.45) is 0 Å². The molecule has 2 atom stereocenters. The largest absolute Gasteiger partial charge is 0.383 e. The molecule has 104 valence electrons. The van der Waals surface area contributed by atoms with Crippen molar-refractivity contribution in [1.82, 2.24) is 10.2 Å². The van der Waals surface area contributed by atoms with Gasteiger partial charge in [0.2, 0.25) is 0 Å². The first-order valence-corrected chi connectivity index (χ1v) is 7.12. The van der Waals surface area contributed by atoms with E-state index in [1.165, 1.54) is 25.8 Å². The third-order valence-corrected chi connectivity index (χ3v) is 3.43. The highest BCUT2D eigenvalue weighted by atomic mass is 16.5. The van der Waals surface area contributed by atoms with Crippen molar-refractivity contribution in [3.63, 3.8) is 0 Å². The molecule has 0 aliphatic rings. The Balaban J connectivity index is 3.82. The molecule has 0 aromatic heterocycles. The molecule has 0 aromatic carbocycles. The van der Waals surface area contributed by atoms with Gasteiger partial charge in [0.25, 0.3) is 0 Å². The summed E-state index contributed by atoms with van der Waals surface area (Å²) in [6.45, 7) is 13.2. The van der Waals surface area contributed by atoms with E-state index >= 15 is 0 Å². The first-order valence-electron chi connectivity index (χ1n) is 7.12. The summed E-state index contributed by atoms with van der Waals surface area (Å²) in [5, 5.41) is 3.46. The Labute approximate surface area is 108 Å². The summed E-state index contributed by atoms with van der Waals surface area (Å²) in [5.41, 5.74) is 0. The molecule has 0 bridgehead atoms. The van der Waals surface area contributed by atoms with Crippen LogP contribution >= 0.6 is 0 Å². The van der Waals surface area contributed by atoms with E-state index in [2.05, 4.69) is 37.9 Å². The lowest BCUT2D eigenvalue weighted by Crippen LogP contribution is -2.37. The molecule has 3 heteroatoms. The molecule has 3 nitrogen and oxygen atoms in total. The van der Waals surface area contributed by atoms with Crippen LogP contribution in [0.1, 0.15) is 47.0 Å². The van der Waals surface area contributed by atoms with Gasteiger partial charge in [-0.15, -0.1) is 0 Å². The molecule has 17 heavy (non-hydrogen) atoms. The topological polar surface area (TPSA) is 24.5 Å². The Bertz CT molecular complexity index is 164. The SMILES string of the molecule is CCNC(C)CCCN(CCOC)C(C)CC. The normalized spacial score (nSPS) is 15.2. The van der Waals surface area contributed by atoms with Crippen molar-refractivity contribution in [3.05, 3.63) is 0 Å². The molecule has 0 amide bonds. The number of ether oxygens (including phenoxy) is 1. The molecule has 0 aliphatic carbocycles. The molecule has 0 heterocycles. The van der Waals surface area contributed by atoms with Gasteiger partial charge in [0.05, 0.1) is 6.61 Å². The molecular formula is C14H32N2O. The first-order chi connectivity index (χ1) is 8.15.